The standard InChI is InChI=1S/C26H27FN6O2/c1-4-17-7-6-8-18(12-17)24(34)31-20-9-10-23(27)22(13-20)25(35)32-21-14-29-26(30-15-21)33-19(5-2)11-16(3)28/h6-10,12-15,28H,4-5,11H2,1-3H3,(H,31,34)(H,32,35). The Morgan fingerprint density at radius 3 is 2.37 bits per heavy atom. The summed E-state index contributed by atoms with van der Waals surface area (Å²) in [6.45, 7) is 5.63. The number of halogens is 1. The van der Waals surface area contributed by atoms with Gasteiger partial charge in [0.1, 0.15) is 5.82 Å². The molecule has 3 aromatic rings. The summed E-state index contributed by atoms with van der Waals surface area (Å²) in [6, 6.07) is 11.0. The first kappa shape index (κ1) is 25.4. The SMILES string of the molecule is CCC(CC(C)=N)=Nc1ncc(NC(=O)c2cc(NC(=O)c3cccc(CC)c3)ccc2F)cn1. The lowest BCUT2D eigenvalue weighted by Crippen LogP contribution is -2.16. The van der Waals surface area contributed by atoms with Gasteiger partial charge in [0, 0.05) is 29.1 Å². The molecular formula is C26H27FN6O2. The number of benzene rings is 2. The van der Waals surface area contributed by atoms with Gasteiger partial charge in [-0.1, -0.05) is 26.0 Å². The predicted molar refractivity (Wildman–Crippen MR) is 136 cm³/mol. The molecule has 0 fully saturated rings. The van der Waals surface area contributed by atoms with Crippen molar-refractivity contribution in [2.45, 2.75) is 40.0 Å². The summed E-state index contributed by atoms with van der Waals surface area (Å²) in [5, 5.41) is 12.8. The third-order valence-electron chi connectivity index (χ3n) is 5.10. The van der Waals surface area contributed by atoms with E-state index in [9.17, 15) is 14.0 Å². The van der Waals surface area contributed by atoms with Crippen LogP contribution in [0, 0.1) is 11.2 Å². The summed E-state index contributed by atoms with van der Waals surface area (Å²) < 4.78 is 14.4. The van der Waals surface area contributed by atoms with E-state index in [0.717, 1.165) is 23.8 Å². The number of carbonyl (C=O) groups is 2. The molecule has 1 heterocycles. The second kappa shape index (κ2) is 11.7. The van der Waals surface area contributed by atoms with Crippen LogP contribution in [0.25, 0.3) is 0 Å². The van der Waals surface area contributed by atoms with E-state index in [1.165, 1.54) is 24.5 Å². The van der Waals surface area contributed by atoms with Crippen molar-refractivity contribution < 1.29 is 14.0 Å². The van der Waals surface area contributed by atoms with Crippen molar-refractivity contribution in [3.8, 4) is 0 Å². The van der Waals surface area contributed by atoms with Gasteiger partial charge in [-0.2, -0.15) is 0 Å². The smallest absolute Gasteiger partial charge is 0.258 e. The van der Waals surface area contributed by atoms with Crippen LogP contribution in [-0.2, 0) is 6.42 Å². The summed E-state index contributed by atoms with van der Waals surface area (Å²) in [7, 11) is 0. The molecule has 3 rings (SSSR count). The predicted octanol–water partition coefficient (Wildman–Crippen LogP) is 5.59. The minimum atomic E-state index is -0.731. The molecule has 0 aliphatic heterocycles. The largest absolute Gasteiger partial charge is 0.322 e. The van der Waals surface area contributed by atoms with Crippen molar-refractivity contribution in [1.29, 1.82) is 5.41 Å². The van der Waals surface area contributed by atoms with Crippen LogP contribution in [0.5, 0.6) is 0 Å². The van der Waals surface area contributed by atoms with Crippen molar-refractivity contribution in [3.05, 3.63) is 77.4 Å². The number of hydrogen-bond donors (Lipinski definition) is 3. The van der Waals surface area contributed by atoms with Crippen molar-refractivity contribution in [2.24, 2.45) is 4.99 Å². The van der Waals surface area contributed by atoms with Gasteiger partial charge in [0.15, 0.2) is 0 Å². The normalized spacial score (nSPS) is 11.1. The third kappa shape index (κ3) is 7.10. The zero-order valence-corrected chi connectivity index (χ0v) is 19.9. The Labute approximate surface area is 203 Å². The van der Waals surface area contributed by atoms with Gasteiger partial charge in [0.25, 0.3) is 11.8 Å². The number of nitrogens with zero attached hydrogens (tertiary/aromatic N) is 3. The molecule has 3 N–H and O–H groups in total. The minimum absolute atomic E-state index is 0.212. The maximum atomic E-state index is 14.4. The Morgan fingerprint density at radius 2 is 1.71 bits per heavy atom. The summed E-state index contributed by atoms with van der Waals surface area (Å²) in [4.78, 5) is 37.8. The monoisotopic (exact) mass is 474 g/mol. The van der Waals surface area contributed by atoms with E-state index in [2.05, 4.69) is 25.6 Å². The second-order valence-corrected chi connectivity index (χ2v) is 7.92. The summed E-state index contributed by atoms with van der Waals surface area (Å²) in [6.07, 6.45) is 4.64. The van der Waals surface area contributed by atoms with E-state index < -0.39 is 11.7 Å². The molecule has 0 aliphatic rings. The van der Waals surface area contributed by atoms with Crippen molar-refractivity contribution >= 4 is 40.6 Å². The number of aliphatic imine (C=N–C) groups is 1. The van der Waals surface area contributed by atoms with Crippen LogP contribution in [0.4, 0.5) is 21.7 Å². The minimum Gasteiger partial charge on any atom is -0.322 e. The Kier molecular flexibility index (Phi) is 8.50. The van der Waals surface area contributed by atoms with Gasteiger partial charge in [-0.3, -0.25) is 9.59 Å². The number of hydrogen-bond acceptors (Lipinski definition) is 6. The summed E-state index contributed by atoms with van der Waals surface area (Å²) in [5.41, 5.74) is 3.08. The lowest BCUT2D eigenvalue weighted by molar-refractivity contribution is 0.101. The quantitative estimate of drug-likeness (QED) is 0.350. The number of carbonyl (C=O) groups excluding carboxylic acids is 2. The van der Waals surface area contributed by atoms with E-state index >= 15 is 0 Å². The molecule has 0 spiro atoms. The number of anilines is 2. The highest BCUT2D eigenvalue weighted by molar-refractivity contribution is 6.07. The van der Waals surface area contributed by atoms with E-state index in [4.69, 9.17) is 5.41 Å². The Hall–Kier alpha value is -4.27. The number of amides is 2. The highest BCUT2D eigenvalue weighted by Gasteiger charge is 2.15. The first-order valence-electron chi connectivity index (χ1n) is 11.2. The van der Waals surface area contributed by atoms with Gasteiger partial charge in [-0.15, -0.1) is 0 Å². The molecule has 35 heavy (non-hydrogen) atoms. The lowest BCUT2D eigenvalue weighted by atomic mass is 10.1. The van der Waals surface area contributed by atoms with Crippen molar-refractivity contribution in [2.75, 3.05) is 10.6 Å². The molecule has 0 saturated heterocycles. The van der Waals surface area contributed by atoms with E-state index in [-0.39, 0.29) is 28.8 Å². The molecule has 0 bridgehead atoms. The Bertz CT molecular complexity index is 1270. The number of rotatable bonds is 9. The van der Waals surface area contributed by atoms with Gasteiger partial charge < -0.3 is 16.0 Å². The first-order valence-corrected chi connectivity index (χ1v) is 11.2. The first-order chi connectivity index (χ1) is 16.8. The van der Waals surface area contributed by atoms with Crippen LogP contribution < -0.4 is 10.6 Å². The van der Waals surface area contributed by atoms with Crippen LogP contribution in [-0.4, -0.2) is 33.2 Å². The van der Waals surface area contributed by atoms with E-state index in [1.807, 2.05) is 19.9 Å². The van der Waals surface area contributed by atoms with Gasteiger partial charge in [0.05, 0.1) is 23.6 Å². The maximum Gasteiger partial charge on any atom is 0.258 e. The maximum absolute atomic E-state index is 14.4. The average molecular weight is 475 g/mol. The highest BCUT2D eigenvalue weighted by Crippen LogP contribution is 2.19. The number of aromatic nitrogens is 2. The molecule has 8 nitrogen and oxygen atoms in total. The fourth-order valence-corrected chi connectivity index (χ4v) is 3.25. The van der Waals surface area contributed by atoms with Crippen LogP contribution in [0.2, 0.25) is 0 Å². The third-order valence-corrected chi connectivity index (χ3v) is 5.10. The van der Waals surface area contributed by atoms with Crippen LogP contribution in [0.1, 0.15) is 59.9 Å². The number of nitrogens with one attached hydrogen (secondary N) is 3. The van der Waals surface area contributed by atoms with Gasteiger partial charge >= 0.3 is 0 Å². The van der Waals surface area contributed by atoms with Gasteiger partial charge in [0.2, 0.25) is 5.95 Å². The molecular weight excluding hydrogens is 447 g/mol. The molecule has 0 radical (unpaired) electrons. The van der Waals surface area contributed by atoms with Crippen molar-refractivity contribution in [1.82, 2.24) is 9.97 Å². The fourth-order valence-electron chi connectivity index (χ4n) is 3.25. The average Bonchev–Trinajstić information content (AvgIpc) is 2.85. The Morgan fingerprint density at radius 1 is 1.00 bits per heavy atom. The fraction of sp³-hybridized carbons (Fsp3) is 0.231. The van der Waals surface area contributed by atoms with E-state index in [0.29, 0.717) is 24.1 Å². The highest BCUT2D eigenvalue weighted by atomic mass is 19.1. The molecule has 2 amide bonds. The zero-order chi connectivity index (χ0) is 25.4. The molecule has 0 unspecified atom stereocenters. The van der Waals surface area contributed by atoms with Gasteiger partial charge in [-0.05, 0) is 55.7 Å². The molecule has 0 saturated carbocycles. The molecule has 2 aromatic carbocycles. The lowest BCUT2D eigenvalue weighted by Gasteiger charge is -2.10. The molecule has 9 heteroatoms. The topological polar surface area (TPSA) is 120 Å². The van der Waals surface area contributed by atoms with Crippen molar-refractivity contribution in [3.63, 3.8) is 0 Å². The Balaban J connectivity index is 1.71. The molecule has 1 aromatic heterocycles. The van der Waals surface area contributed by atoms with Crippen LogP contribution in [0.15, 0.2) is 59.9 Å². The summed E-state index contributed by atoms with van der Waals surface area (Å²) in [5.74, 6) is -1.58. The van der Waals surface area contributed by atoms with Crippen LogP contribution >= 0.6 is 0 Å². The number of aryl methyl sites for hydroxylation is 1. The zero-order valence-electron chi connectivity index (χ0n) is 19.9. The second-order valence-electron chi connectivity index (χ2n) is 7.92. The molecule has 0 aliphatic carbocycles. The summed E-state index contributed by atoms with van der Waals surface area (Å²) >= 11 is 0. The van der Waals surface area contributed by atoms with E-state index in [1.54, 1.807) is 25.1 Å². The molecule has 0 atom stereocenters. The van der Waals surface area contributed by atoms with Gasteiger partial charge in [-0.25, -0.2) is 19.4 Å². The van der Waals surface area contributed by atoms with Crippen LogP contribution in [0.3, 0.4) is 0 Å². The molecule has 180 valence electrons.